The van der Waals surface area contributed by atoms with Crippen LogP contribution in [-0.2, 0) is 15.8 Å². The number of H-pyrrole nitrogens is 1. The van der Waals surface area contributed by atoms with Crippen LogP contribution in [0, 0.1) is 11.7 Å². The fourth-order valence-electron chi connectivity index (χ4n) is 6.75. The lowest BCUT2D eigenvalue weighted by Gasteiger charge is -2.43. The van der Waals surface area contributed by atoms with Gasteiger partial charge in [-0.1, -0.05) is 12.8 Å². The smallest absolute Gasteiger partial charge is 0.341 e. The number of imide groups is 1. The molecule has 1 spiro atoms. The van der Waals surface area contributed by atoms with Crippen molar-refractivity contribution >= 4 is 40.3 Å². The number of fused-ring (bicyclic) bond motifs is 1. The number of likely N-dealkylation sites (tertiary alicyclic amines) is 1. The number of benzene rings is 2. The minimum atomic E-state index is -4.78. The third-order valence-electron chi connectivity index (χ3n) is 9.16. The Morgan fingerprint density at radius 1 is 1.07 bits per heavy atom. The Morgan fingerprint density at radius 2 is 1.77 bits per heavy atom. The van der Waals surface area contributed by atoms with E-state index in [1.165, 1.54) is 16.8 Å². The molecule has 0 bridgehead atoms. The molecule has 10 nitrogen and oxygen atoms in total. The zero-order chi connectivity index (χ0) is 31.4. The number of amides is 5. The molecule has 232 valence electrons. The number of likely N-dealkylation sites (N-methyl/N-ethyl adjacent to an activating group) is 1. The van der Waals surface area contributed by atoms with E-state index in [9.17, 15) is 36.7 Å². The Kier molecular flexibility index (Phi) is 7.33. The van der Waals surface area contributed by atoms with Gasteiger partial charge in [-0.2, -0.15) is 18.3 Å². The number of nitrogens with zero attached hydrogens (tertiary/aromatic N) is 4. The molecule has 1 saturated carbocycles. The van der Waals surface area contributed by atoms with E-state index in [-0.39, 0.29) is 37.8 Å². The zero-order valence-electron chi connectivity index (χ0n) is 23.8. The first-order valence-electron chi connectivity index (χ1n) is 14.4. The molecule has 3 aromatic rings. The number of hydrogen-bond donors (Lipinski definition) is 2. The number of anilines is 1. The van der Waals surface area contributed by atoms with Crippen LogP contribution >= 0.6 is 0 Å². The summed E-state index contributed by atoms with van der Waals surface area (Å²) in [5.41, 5.74) is -1.92. The highest BCUT2D eigenvalue weighted by molar-refractivity contribution is 6.17. The normalized spacial score (nSPS) is 19.8. The molecule has 5 amide bonds. The van der Waals surface area contributed by atoms with Crippen LogP contribution in [-0.4, -0.2) is 75.5 Å². The van der Waals surface area contributed by atoms with Crippen molar-refractivity contribution in [2.45, 2.75) is 56.3 Å². The van der Waals surface area contributed by atoms with E-state index >= 15 is 0 Å². The van der Waals surface area contributed by atoms with Crippen LogP contribution in [0.3, 0.4) is 0 Å². The number of aromatic nitrogens is 2. The summed E-state index contributed by atoms with van der Waals surface area (Å²) in [6, 6.07) is 5.26. The number of piperidine rings is 1. The van der Waals surface area contributed by atoms with Crippen molar-refractivity contribution in [1.82, 2.24) is 25.3 Å². The Hall–Kier alpha value is -4.49. The molecule has 2 aliphatic heterocycles. The summed E-state index contributed by atoms with van der Waals surface area (Å²) in [7, 11) is 1.42. The summed E-state index contributed by atoms with van der Waals surface area (Å²) in [5, 5.41) is 10.2. The minimum Gasteiger partial charge on any atom is -0.341 e. The van der Waals surface area contributed by atoms with Crippen molar-refractivity contribution in [2.24, 2.45) is 5.92 Å². The number of alkyl halides is 3. The number of halogens is 4. The Balaban J connectivity index is 1.23. The molecule has 6 rings (SSSR count). The summed E-state index contributed by atoms with van der Waals surface area (Å²) in [6.07, 6.45) is -0.0625. The van der Waals surface area contributed by atoms with Crippen LogP contribution in [0.2, 0.25) is 0 Å². The summed E-state index contributed by atoms with van der Waals surface area (Å²) in [5.74, 6) is -3.36. The molecule has 1 aliphatic carbocycles. The van der Waals surface area contributed by atoms with E-state index in [1.807, 2.05) is 0 Å². The molecule has 2 saturated heterocycles. The molecular weight excluding hydrogens is 584 g/mol. The van der Waals surface area contributed by atoms with Crippen LogP contribution in [0.15, 0.2) is 42.6 Å². The largest absolute Gasteiger partial charge is 0.416 e. The molecular formula is C30H30F4N6O4. The molecule has 1 aromatic heterocycles. The predicted octanol–water partition coefficient (Wildman–Crippen LogP) is 4.47. The summed E-state index contributed by atoms with van der Waals surface area (Å²) in [6.45, 7) is 0.181. The monoisotopic (exact) mass is 614 g/mol. The second-order valence-corrected chi connectivity index (χ2v) is 11.7. The van der Waals surface area contributed by atoms with Crippen molar-refractivity contribution in [2.75, 3.05) is 25.0 Å². The van der Waals surface area contributed by atoms with Crippen molar-refractivity contribution < 1.29 is 36.7 Å². The van der Waals surface area contributed by atoms with Gasteiger partial charge in [0.25, 0.3) is 11.8 Å². The van der Waals surface area contributed by atoms with E-state index in [2.05, 4.69) is 15.5 Å². The maximum absolute atomic E-state index is 14.5. The second kappa shape index (κ2) is 10.9. The first-order valence-corrected chi connectivity index (χ1v) is 14.4. The standard InChI is InChI=1S/C30H30F4N6O4/c1-38-27(43)29(40(28(38)44)20-7-9-23-18(14-20)16-35-37-23)10-12-39(13-11-29)26(42)24(17-4-2-3-5-17)36-25(41)21-15-19(30(32,33)34)6-8-22(21)31/h6-9,14-17,24H,2-5,10-13H2,1H3,(H,35,37)(H,36,41). The average molecular weight is 615 g/mol. The van der Waals surface area contributed by atoms with Gasteiger partial charge in [-0.3, -0.25) is 29.3 Å². The van der Waals surface area contributed by atoms with Gasteiger partial charge < -0.3 is 10.2 Å². The summed E-state index contributed by atoms with van der Waals surface area (Å²) < 4.78 is 54.3. The number of hydrogen-bond acceptors (Lipinski definition) is 5. The highest BCUT2D eigenvalue weighted by Crippen LogP contribution is 2.41. The molecule has 2 aromatic carbocycles. The molecule has 0 radical (unpaired) electrons. The van der Waals surface area contributed by atoms with Crippen molar-refractivity contribution in [3.8, 4) is 0 Å². The molecule has 3 aliphatic rings. The lowest BCUT2D eigenvalue weighted by Crippen LogP contribution is -2.60. The fraction of sp³-hybridized carbons (Fsp3) is 0.433. The molecule has 14 heteroatoms. The molecule has 1 unspecified atom stereocenters. The lowest BCUT2D eigenvalue weighted by molar-refractivity contribution is -0.139. The van der Waals surface area contributed by atoms with Crippen LogP contribution in [0.25, 0.3) is 10.9 Å². The first-order chi connectivity index (χ1) is 20.9. The third-order valence-corrected chi connectivity index (χ3v) is 9.16. The number of aromatic amines is 1. The molecule has 1 atom stereocenters. The average Bonchev–Trinajstić information content (AvgIpc) is 3.74. The van der Waals surface area contributed by atoms with E-state index in [0.717, 1.165) is 28.6 Å². The first kappa shape index (κ1) is 29.6. The van der Waals surface area contributed by atoms with E-state index < -0.39 is 52.5 Å². The topological polar surface area (TPSA) is 119 Å². The van der Waals surface area contributed by atoms with Gasteiger partial charge in [0.05, 0.1) is 22.8 Å². The Labute approximate surface area is 249 Å². The zero-order valence-corrected chi connectivity index (χ0v) is 23.8. The van der Waals surface area contributed by atoms with Gasteiger partial charge in [0.15, 0.2) is 0 Å². The number of urea groups is 1. The van der Waals surface area contributed by atoms with Crippen molar-refractivity contribution in [1.29, 1.82) is 0 Å². The van der Waals surface area contributed by atoms with Crippen LogP contribution in [0.5, 0.6) is 0 Å². The van der Waals surface area contributed by atoms with Gasteiger partial charge in [-0.15, -0.1) is 0 Å². The number of nitrogens with one attached hydrogen (secondary N) is 2. The van der Waals surface area contributed by atoms with Crippen LogP contribution in [0.4, 0.5) is 28.0 Å². The van der Waals surface area contributed by atoms with Gasteiger partial charge in [-0.05, 0) is 68.0 Å². The van der Waals surface area contributed by atoms with Gasteiger partial charge >= 0.3 is 12.2 Å². The number of carbonyl (C=O) groups excluding carboxylic acids is 4. The molecule has 2 N–H and O–H groups in total. The maximum Gasteiger partial charge on any atom is 0.416 e. The SMILES string of the molecule is CN1C(=O)N(c2ccc3[nH]ncc3c2)C2(CCN(C(=O)C(NC(=O)c3cc(C(F)(F)F)ccc3F)C3CCCC3)CC2)C1=O. The third kappa shape index (κ3) is 4.95. The van der Waals surface area contributed by atoms with E-state index in [1.54, 1.807) is 24.4 Å². The lowest BCUT2D eigenvalue weighted by atomic mass is 9.84. The fourth-order valence-corrected chi connectivity index (χ4v) is 6.75. The maximum atomic E-state index is 14.5. The quantitative estimate of drug-likeness (QED) is 0.325. The van der Waals surface area contributed by atoms with Gasteiger partial charge in [0.2, 0.25) is 5.91 Å². The predicted molar refractivity (Wildman–Crippen MR) is 150 cm³/mol. The second-order valence-electron chi connectivity index (χ2n) is 11.7. The number of rotatable bonds is 5. The molecule has 3 fully saturated rings. The van der Waals surface area contributed by atoms with Crippen molar-refractivity contribution in [3.05, 3.63) is 59.5 Å². The van der Waals surface area contributed by atoms with Gasteiger partial charge in [-0.25, -0.2) is 9.18 Å². The van der Waals surface area contributed by atoms with E-state index in [0.29, 0.717) is 36.7 Å². The minimum absolute atomic E-state index is 0.0904. The van der Waals surface area contributed by atoms with Gasteiger partial charge in [0.1, 0.15) is 17.4 Å². The van der Waals surface area contributed by atoms with Gasteiger partial charge in [0, 0.05) is 31.2 Å². The molecule has 44 heavy (non-hydrogen) atoms. The highest BCUT2D eigenvalue weighted by Gasteiger charge is 2.58. The van der Waals surface area contributed by atoms with Crippen LogP contribution < -0.4 is 10.2 Å². The van der Waals surface area contributed by atoms with E-state index in [4.69, 9.17) is 0 Å². The Morgan fingerprint density at radius 3 is 2.45 bits per heavy atom. The van der Waals surface area contributed by atoms with Crippen molar-refractivity contribution in [3.63, 3.8) is 0 Å². The number of carbonyl (C=O) groups is 4. The highest BCUT2D eigenvalue weighted by atomic mass is 19.4. The Bertz CT molecular complexity index is 1640. The van der Waals surface area contributed by atoms with Crippen LogP contribution in [0.1, 0.15) is 54.4 Å². The molecule has 3 heterocycles. The summed E-state index contributed by atoms with van der Waals surface area (Å²) >= 11 is 0. The summed E-state index contributed by atoms with van der Waals surface area (Å²) in [4.78, 5) is 57.9.